The van der Waals surface area contributed by atoms with Crippen molar-refractivity contribution in [3.8, 4) is 22.9 Å². The first kappa shape index (κ1) is 21.7. The Morgan fingerprint density at radius 2 is 2.16 bits per heavy atom. The van der Waals surface area contributed by atoms with Crippen LogP contribution in [0.3, 0.4) is 0 Å². The SMILES string of the molecule is N#C[C@H](Cc1cc2c(cc1F)-c1ccc(C(=O)O)cc1CO2)NC(=O)[C@@H]1CNCCCO1. The van der Waals surface area contributed by atoms with Gasteiger partial charge in [0.25, 0.3) is 5.91 Å². The Morgan fingerprint density at radius 3 is 2.94 bits per heavy atom. The molecule has 9 heteroatoms. The van der Waals surface area contributed by atoms with E-state index in [1.54, 1.807) is 6.07 Å². The number of rotatable bonds is 5. The van der Waals surface area contributed by atoms with Gasteiger partial charge in [0.15, 0.2) is 0 Å². The van der Waals surface area contributed by atoms with Crippen LogP contribution in [0.5, 0.6) is 5.75 Å². The van der Waals surface area contributed by atoms with Gasteiger partial charge in [-0.1, -0.05) is 6.07 Å². The van der Waals surface area contributed by atoms with E-state index in [-0.39, 0.29) is 24.2 Å². The van der Waals surface area contributed by atoms with E-state index in [0.29, 0.717) is 35.6 Å². The molecule has 2 aromatic rings. The number of benzene rings is 2. The molecule has 1 fully saturated rings. The Balaban J connectivity index is 1.52. The first-order valence-electron chi connectivity index (χ1n) is 10.3. The first-order chi connectivity index (χ1) is 15.5. The van der Waals surface area contributed by atoms with Crippen molar-refractivity contribution < 1.29 is 28.6 Å². The van der Waals surface area contributed by atoms with Crippen LogP contribution >= 0.6 is 0 Å². The summed E-state index contributed by atoms with van der Waals surface area (Å²) in [5, 5.41) is 24.4. The maximum absolute atomic E-state index is 14.9. The molecule has 0 saturated carbocycles. The fraction of sp³-hybridized carbons (Fsp3) is 0.348. The number of carbonyl (C=O) groups is 2. The number of carbonyl (C=O) groups excluding carboxylic acids is 1. The van der Waals surface area contributed by atoms with Gasteiger partial charge in [-0.05, 0) is 53.9 Å². The number of hydrogen-bond donors (Lipinski definition) is 3. The van der Waals surface area contributed by atoms with E-state index in [2.05, 4.69) is 10.6 Å². The molecule has 1 amide bonds. The van der Waals surface area contributed by atoms with Crippen molar-refractivity contribution in [2.45, 2.75) is 31.6 Å². The minimum Gasteiger partial charge on any atom is -0.488 e. The minimum atomic E-state index is -1.05. The normalized spacial score (nSPS) is 18.2. The van der Waals surface area contributed by atoms with E-state index in [9.17, 15) is 19.2 Å². The summed E-state index contributed by atoms with van der Waals surface area (Å²) >= 11 is 0. The van der Waals surface area contributed by atoms with Crippen LogP contribution in [0.1, 0.15) is 27.9 Å². The second-order valence-electron chi connectivity index (χ2n) is 7.72. The van der Waals surface area contributed by atoms with Crippen molar-refractivity contribution in [3.05, 3.63) is 52.8 Å². The molecule has 1 saturated heterocycles. The van der Waals surface area contributed by atoms with Gasteiger partial charge in [-0.25, -0.2) is 9.18 Å². The van der Waals surface area contributed by atoms with Gasteiger partial charge >= 0.3 is 5.97 Å². The Hall–Kier alpha value is -3.48. The molecule has 166 valence electrons. The van der Waals surface area contributed by atoms with Crippen molar-refractivity contribution >= 4 is 11.9 Å². The van der Waals surface area contributed by atoms with Gasteiger partial charge in [-0.2, -0.15) is 5.26 Å². The zero-order valence-electron chi connectivity index (χ0n) is 17.2. The Morgan fingerprint density at radius 1 is 1.31 bits per heavy atom. The summed E-state index contributed by atoms with van der Waals surface area (Å²) in [5.41, 5.74) is 2.24. The summed E-state index contributed by atoms with van der Waals surface area (Å²) in [5.74, 6) is -1.56. The summed E-state index contributed by atoms with van der Waals surface area (Å²) < 4.78 is 26.1. The molecule has 0 spiro atoms. The third-order valence-electron chi connectivity index (χ3n) is 5.51. The highest BCUT2D eigenvalue weighted by atomic mass is 19.1. The van der Waals surface area contributed by atoms with E-state index in [1.165, 1.54) is 24.3 Å². The van der Waals surface area contributed by atoms with E-state index in [1.807, 2.05) is 6.07 Å². The van der Waals surface area contributed by atoms with Gasteiger partial charge < -0.3 is 25.2 Å². The van der Waals surface area contributed by atoms with Crippen molar-refractivity contribution in [1.29, 1.82) is 5.26 Å². The van der Waals surface area contributed by atoms with E-state index >= 15 is 0 Å². The quantitative estimate of drug-likeness (QED) is 0.652. The molecule has 0 aliphatic carbocycles. The van der Waals surface area contributed by atoms with Crippen molar-refractivity contribution in [2.75, 3.05) is 19.7 Å². The average molecular weight is 439 g/mol. The number of nitrogens with one attached hydrogen (secondary N) is 2. The van der Waals surface area contributed by atoms with Crippen LogP contribution in [-0.2, 0) is 22.6 Å². The third kappa shape index (κ3) is 4.56. The maximum Gasteiger partial charge on any atom is 0.335 e. The van der Waals surface area contributed by atoms with Gasteiger partial charge in [-0.15, -0.1) is 0 Å². The summed E-state index contributed by atoms with van der Waals surface area (Å²) in [6.45, 7) is 1.72. The average Bonchev–Trinajstić information content (AvgIpc) is 3.08. The lowest BCUT2D eigenvalue weighted by Gasteiger charge is -2.23. The number of fused-ring (bicyclic) bond motifs is 3. The van der Waals surface area contributed by atoms with Crippen LogP contribution in [0.25, 0.3) is 11.1 Å². The Kier molecular flexibility index (Phi) is 6.35. The number of ether oxygens (including phenoxy) is 2. The van der Waals surface area contributed by atoms with Gasteiger partial charge in [0.2, 0.25) is 0 Å². The molecule has 0 radical (unpaired) electrons. The van der Waals surface area contributed by atoms with E-state index < -0.39 is 29.8 Å². The molecule has 2 aliphatic rings. The molecule has 2 atom stereocenters. The van der Waals surface area contributed by atoms with Crippen LogP contribution in [0, 0.1) is 17.1 Å². The lowest BCUT2D eigenvalue weighted by Crippen LogP contribution is -2.46. The number of carboxylic acid groups (broad SMARTS) is 1. The molecule has 2 aliphatic heterocycles. The fourth-order valence-corrected chi connectivity index (χ4v) is 3.84. The van der Waals surface area contributed by atoms with Crippen molar-refractivity contribution in [3.63, 3.8) is 0 Å². The Bertz CT molecular complexity index is 1090. The van der Waals surface area contributed by atoms with Gasteiger partial charge in [0.1, 0.15) is 30.3 Å². The zero-order valence-corrected chi connectivity index (χ0v) is 17.2. The maximum atomic E-state index is 14.9. The summed E-state index contributed by atoms with van der Waals surface area (Å²) in [7, 11) is 0. The van der Waals surface area contributed by atoms with Crippen molar-refractivity contribution in [2.24, 2.45) is 0 Å². The monoisotopic (exact) mass is 439 g/mol. The number of hydrogen-bond acceptors (Lipinski definition) is 6. The van der Waals surface area contributed by atoms with Crippen LogP contribution in [0.4, 0.5) is 4.39 Å². The number of aromatic carboxylic acids is 1. The number of carboxylic acids is 1. The Labute approximate surface area is 183 Å². The summed E-state index contributed by atoms with van der Waals surface area (Å²) in [4.78, 5) is 23.6. The van der Waals surface area contributed by atoms with E-state index in [0.717, 1.165) is 13.0 Å². The first-order valence-corrected chi connectivity index (χ1v) is 10.3. The molecule has 3 N–H and O–H groups in total. The molecule has 2 aromatic carbocycles. The molecule has 4 rings (SSSR count). The topological polar surface area (TPSA) is 121 Å². The lowest BCUT2D eigenvalue weighted by molar-refractivity contribution is -0.132. The number of halogens is 1. The highest BCUT2D eigenvalue weighted by Crippen LogP contribution is 2.39. The standard InChI is InChI=1S/C23H22FN3O5/c24-19-9-18-17-3-2-13(23(29)30)6-15(17)12-32-20(18)8-14(19)7-16(10-25)27-22(28)21-11-26-4-1-5-31-21/h2-3,6,8-9,16,21,26H,1,4-5,7,11-12H2,(H,27,28)(H,29,30)/t16-,21-/m0/s1. The highest BCUT2D eigenvalue weighted by Gasteiger charge is 2.26. The zero-order chi connectivity index (χ0) is 22.7. The number of nitriles is 1. The number of amides is 1. The smallest absolute Gasteiger partial charge is 0.335 e. The second-order valence-corrected chi connectivity index (χ2v) is 7.72. The molecular weight excluding hydrogens is 417 g/mol. The van der Waals surface area contributed by atoms with Crippen LogP contribution in [-0.4, -0.2) is 48.8 Å². The predicted molar refractivity (Wildman–Crippen MR) is 112 cm³/mol. The molecular formula is C23H22FN3O5. The number of nitrogens with zero attached hydrogens (tertiary/aromatic N) is 1. The molecule has 32 heavy (non-hydrogen) atoms. The summed E-state index contributed by atoms with van der Waals surface area (Å²) in [6, 6.07) is 8.53. The van der Waals surface area contributed by atoms with E-state index in [4.69, 9.17) is 14.6 Å². The van der Waals surface area contributed by atoms with Crippen molar-refractivity contribution in [1.82, 2.24) is 10.6 Å². The molecule has 0 aromatic heterocycles. The third-order valence-corrected chi connectivity index (χ3v) is 5.51. The largest absolute Gasteiger partial charge is 0.488 e. The van der Waals surface area contributed by atoms with Crippen LogP contribution in [0.2, 0.25) is 0 Å². The van der Waals surface area contributed by atoms with Crippen LogP contribution < -0.4 is 15.4 Å². The molecule has 0 unspecified atom stereocenters. The van der Waals surface area contributed by atoms with Gasteiger partial charge in [0, 0.05) is 25.1 Å². The van der Waals surface area contributed by atoms with Gasteiger partial charge in [-0.3, -0.25) is 4.79 Å². The lowest BCUT2D eigenvalue weighted by atomic mass is 9.93. The fourth-order valence-electron chi connectivity index (χ4n) is 3.84. The molecule has 0 bridgehead atoms. The molecule has 8 nitrogen and oxygen atoms in total. The molecule has 2 heterocycles. The predicted octanol–water partition coefficient (Wildman–Crippen LogP) is 2.01. The minimum absolute atomic E-state index is 0.0321. The second kappa shape index (κ2) is 9.34. The highest BCUT2D eigenvalue weighted by molar-refractivity contribution is 5.89. The van der Waals surface area contributed by atoms with Gasteiger partial charge in [0.05, 0.1) is 11.6 Å². The summed E-state index contributed by atoms with van der Waals surface area (Å²) in [6.07, 6.45) is 0.0691. The van der Waals surface area contributed by atoms with Crippen LogP contribution in [0.15, 0.2) is 30.3 Å².